The van der Waals surface area contributed by atoms with Gasteiger partial charge in [0.25, 0.3) is 0 Å². The van der Waals surface area contributed by atoms with Crippen molar-refractivity contribution < 1.29 is 5.11 Å². The van der Waals surface area contributed by atoms with Crippen LogP contribution in [0.25, 0.3) is 0 Å². The van der Waals surface area contributed by atoms with Gasteiger partial charge in [-0.2, -0.15) is 0 Å². The molecule has 2 N–H and O–H groups in total. The van der Waals surface area contributed by atoms with Crippen molar-refractivity contribution in [2.75, 3.05) is 26.7 Å². The van der Waals surface area contributed by atoms with Crippen LogP contribution in [0.3, 0.4) is 0 Å². The third-order valence-electron chi connectivity index (χ3n) is 3.53. The number of aliphatic hydroxyl groups is 1. The molecule has 2 fully saturated rings. The molecule has 1 aliphatic heterocycles. The summed E-state index contributed by atoms with van der Waals surface area (Å²) in [7, 11) is 2.17. The number of nitrogens with one attached hydrogen (secondary N) is 1. The lowest BCUT2D eigenvalue weighted by Crippen LogP contribution is -2.50. The summed E-state index contributed by atoms with van der Waals surface area (Å²) in [5.41, 5.74) is 0. The maximum atomic E-state index is 9.36. The van der Waals surface area contributed by atoms with Gasteiger partial charge in [0.1, 0.15) is 0 Å². The highest BCUT2D eigenvalue weighted by Crippen LogP contribution is 2.19. The van der Waals surface area contributed by atoms with Gasteiger partial charge in [-0.05, 0) is 38.6 Å². The van der Waals surface area contributed by atoms with Crippen molar-refractivity contribution in [3.63, 3.8) is 0 Å². The van der Waals surface area contributed by atoms with Crippen LogP contribution in [0.5, 0.6) is 0 Å². The summed E-state index contributed by atoms with van der Waals surface area (Å²) < 4.78 is 0. The molecule has 0 unspecified atom stereocenters. The van der Waals surface area contributed by atoms with Gasteiger partial charge in [0.15, 0.2) is 0 Å². The first kappa shape index (κ1) is 10.4. The van der Waals surface area contributed by atoms with E-state index in [1.807, 2.05) is 0 Å². The highest BCUT2D eigenvalue weighted by atomic mass is 16.3. The van der Waals surface area contributed by atoms with Crippen molar-refractivity contribution in [3.8, 4) is 0 Å². The van der Waals surface area contributed by atoms with Crippen LogP contribution in [0.1, 0.15) is 25.7 Å². The van der Waals surface area contributed by atoms with Gasteiger partial charge in [0.2, 0.25) is 0 Å². The predicted octanol–water partition coefficient (Wildman–Crippen LogP) is 0.441. The summed E-state index contributed by atoms with van der Waals surface area (Å²) in [6, 6.07) is 0.671. The Labute approximate surface area is 86.5 Å². The van der Waals surface area contributed by atoms with Crippen molar-refractivity contribution in [1.82, 2.24) is 10.2 Å². The minimum Gasteiger partial charge on any atom is -0.393 e. The molecule has 3 nitrogen and oxygen atoms in total. The molecule has 14 heavy (non-hydrogen) atoms. The van der Waals surface area contributed by atoms with E-state index in [0.29, 0.717) is 6.04 Å². The lowest BCUT2D eigenvalue weighted by molar-refractivity contribution is 0.103. The Hall–Kier alpha value is -0.120. The quantitative estimate of drug-likeness (QED) is 0.691. The molecule has 82 valence electrons. The van der Waals surface area contributed by atoms with Crippen molar-refractivity contribution in [3.05, 3.63) is 0 Å². The van der Waals surface area contributed by atoms with E-state index in [0.717, 1.165) is 31.6 Å². The number of nitrogens with zero attached hydrogens (tertiary/aromatic N) is 1. The van der Waals surface area contributed by atoms with Crippen molar-refractivity contribution in [1.29, 1.82) is 0 Å². The summed E-state index contributed by atoms with van der Waals surface area (Å²) >= 11 is 0. The van der Waals surface area contributed by atoms with E-state index < -0.39 is 0 Å². The molecule has 0 bridgehead atoms. The molecule has 1 heterocycles. The van der Waals surface area contributed by atoms with E-state index in [2.05, 4.69) is 17.3 Å². The fourth-order valence-corrected chi connectivity index (χ4v) is 2.57. The second-order valence-electron chi connectivity index (χ2n) is 5.00. The molecule has 1 saturated heterocycles. The molecule has 2 aliphatic rings. The van der Waals surface area contributed by atoms with Crippen LogP contribution in [0, 0.1) is 5.92 Å². The SMILES string of the molecule is CN1CC(CNC2CCC(O)CC2)C1. The third kappa shape index (κ3) is 2.69. The second-order valence-corrected chi connectivity index (χ2v) is 5.00. The lowest BCUT2D eigenvalue weighted by atomic mass is 9.92. The van der Waals surface area contributed by atoms with Crippen LogP contribution in [0.2, 0.25) is 0 Å². The Morgan fingerprint density at radius 1 is 1.21 bits per heavy atom. The Morgan fingerprint density at radius 2 is 1.86 bits per heavy atom. The van der Waals surface area contributed by atoms with Gasteiger partial charge in [-0.1, -0.05) is 0 Å². The van der Waals surface area contributed by atoms with Crippen molar-refractivity contribution >= 4 is 0 Å². The van der Waals surface area contributed by atoms with Gasteiger partial charge in [-0.25, -0.2) is 0 Å². The topological polar surface area (TPSA) is 35.5 Å². The highest BCUT2D eigenvalue weighted by Gasteiger charge is 2.25. The molecule has 1 aliphatic carbocycles. The van der Waals surface area contributed by atoms with Gasteiger partial charge in [0, 0.05) is 25.7 Å². The minimum atomic E-state index is -0.0251. The molecular weight excluding hydrogens is 176 g/mol. The van der Waals surface area contributed by atoms with E-state index in [9.17, 15) is 5.11 Å². The third-order valence-corrected chi connectivity index (χ3v) is 3.53. The molecule has 0 aromatic rings. The molecule has 2 rings (SSSR count). The number of hydrogen-bond donors (Lipinski definition) is 2. The minimum absolute atomic E-state index is 0.0251. The Bertz CT molecular complexity index is 172. The van der Waals surface area contributed by atoms with Crippen LogP contribution in [0.15, 0.2) is 0 Å². The zero-order valence-corrected chi connectivity index (χ0v) is 9.08. The van der Waals surface area contributed by atoms with Crippen LogP contribution in [-0.2, 0) is 0 Å². The Kier molecular flexibility index (Phi) is 3.42. The molecule has 0 atom stereocenters. The van der Waals surface area contributed by atoms with Crippen LogP contribution < -0.4 is 5.32 Å². The first-order valence-corrected chi connectivity index (χ1v) is 5.84. The summed E-state index contributed by atoms with van der Waals surface area (Å²) in [5.74, 6) is 0.867. The molecule has 0 aromatic heterocycles. The number of hydrogen-bond acceptors (Lipinski definition) is 3. The fraction of sp³-hybridized carbons (Fsp3) is 1.00. The molecule has 0 radical (unpaired) electrons. The van der Waals surface area contributed by atoms with E-state index in [1.54, 1.807) is 0 Å². The normalized spacial score (nSPS) is 35.6. The van der Waals surface area contributed by atoms with Crippen LogP contribution >= 0.6 is 0 Å². The molecule has 0 aromatic carbocycles. The zero-order chi connectivity index (χ0) is 9.97. The smallest absolute Gasteiger partial charge is 0.0541 e. The largest absolute Gasteiger partial charge is 0.393 e. The van der Waals surface area contributed by atoms with Crippen LogP contribution in [-0.4, -0.2) is 48.8 Å². The van der Waals surface area contributed by atoms with Crippen molar-refractivity contribution in [2.24, 2.45) is 5.92 Å². The second kappa shape index (κ2) is 4.60. The van der Waals surface area contributed by atoms with Gasteiger partial charge >= 0.3 is 0 Å². The molecule has 3 heteroatoms. The molecular formula is C11H22N2O. The zero-order valence-electron chi connectivity index (χ0n) is 9.08. The summed E-state index contributed by atoms with van der Waals surface area (Å²) in [6.07, 6.45) is 4.26. The number of rotatable bonds is 3. The van der Waals surface area contributed by atoms with Crippen LogP contribution in [0.4, 0.5) is 0 Å². The highest BCUT2D eigenvalue weighted by molar-refractivity contribution is 4.82. The molecule has 1 saturated carbocycles. The average Bonchev–Trinajstić information content (AvgIpc) is 2.13. The van der Waals surface area contributed by atoms with Crippen molar-refractivity contribution in [2.45, 2.75) is 37.8 Å². The van der Waals surface area contributed by atoms with Gasteiger partial charge < -0.3 is 15.3 Å². The average molecular weight is 198 g/mol. The van der Waals surface area contributed by atoms with Gasteiger partial charge in [0.05, 0.1) is 6.10 Å². The maximum Gasteiger partial charge on any atom is 0.0541 e. The lowest BCUT2D eigenvalue weighted by Gasteiger charge is -2.38. The van der Waals surface area contributed by atoms with E-state index in [1.165, 1.54) is 19.6 Å². The van der Waals surface area contributed by atoms with E-state index in [-0.39, 0.29) is 6.10 Å². The van der Waals surface area contributed by atoms with E-state index >= 15 is 0 Å². The first-order valence-electron chi connectivity index (χ1n) is 5.84. The Balaban J connectivity index is 1.57. The summed E-state index contributed by atoms with van der Waals surface area (Å²) in [6.45, 7) is 3.68. The first-order chi connectivity index (χ1) is 6.74. The fourth-order valence-electron chi connectivity index (χ4n) is 2.57. The monoisotopic (exact) mass is 198 g/mol. The number of aliphatic hydroxyl groups excluding tert-OH is 1. The Morgan fingerprint density at radius 3 is 2.43 bits per heavy atom. The predicted molar refractivity (Wildman–Crippen MR) is 57.3 cm³/mol. The van der Waals surface area contributed by atoms with Gasteiger partial charge in [-0.3, -0.25) is 0 Å². The van der Waals surface area contributed by atoms with E-state index in [4.69, 9.17) is 0 Å². The molecule has 0 spiro atoms. The van der Waals surface area contributed by atoms with Gasteiger partial charge in [-0.15, -0.1) is 0 Å². The molecule has 0 amide bonds. The summed E-state index contributed by atoms with van der Waals surface area (Å²) in [4.78, 5) is 2.36. The standard InChI is InChI=1S/C11H22N2O/c1-13-7-9(8-13)6-12-10-2-4-11(14)5-3-10/h9-12,14H,2-8H2,1H3. The summed E-state index contributed by atoms with van der Waals surface area (Å²) in [5, 5.41) is 13.0. The maximum absolute atomic E-state index is 9.36. The number of likely N-dealkylation sites (tertiary alicyclic amines) is 1.